The molecule has 0 fully saturated rings. The number of carbonyl (C=O) groups excluding carboxylic acids is 1. The molecule has 0 spiro atoms. The highest BCUT2D eigenvalue weighted by atomic mass is 16.5. The molecule has 0 saturated heterocycles. The van der Waals surface area contributed by atoms with Crippen molar-refractivity contribution in [2.24, 2.45) is 11.8 Å². The van der Waals surface area contributed by atoms with Crippen LogP contribution in [0.5, 0.6) is 0 Å². The summed E-state index contributed by atoms with van der Waals surface area (Å²) in [5, 5.41) is 15.7. The van der Waals surface area contributed by atoms with Gasteiger partial charge in [-0.2, -0.15) is 0 Å². The van der Waals surface area contributed by atoms with Crippen LogP contribution in [0.1, 0.15) is 34.6 Å². The summed E-state index contributed by atoms with van der Waals surface area (Å²) in [4.78, 5) is 12.1. The lowest BCUT2D eigenvalue weighted by atomic mass is 10.0. The molecule has 0 aliphatic carbocycles. The van der Waals surface area contributed by atoms with Crippen molar-refractivity contribution < 1.29 is 14.6 Å². The maximum Gasteiger partial charge on any atom is 0.328 e. The number of aliphatic hydroxyl groups is 1. The van der Waals surface area contributed by atoms with Gasteiger partial charge in [0.25, 0.3) is 0 Å². The van der Waals surface area contributed by atoms with Crippen LogP contribution in [0.15, 0.2) is 25.1 Å². The van der Waals surface area contributed by atoms with E-state index in [0.29, 0.717) is 12.3 Å². The van der Waals surface area contributed by atoms with E-state index in [4.69, 9.17) is 4.74 Å². The molecule has 0 radical (unpaired) electrons. The van der Waals surface area contributed by atoms with Gasteiger partial charge in [-0.3, -0.25) is 0 Å². The molecule has 0 aromatic rings. The molecule has 3 unspecified atom stereocenters. The van der Waals surface area contributed by atoms with Crippen molar-refractivity contribution in [1.29, 1.82) is 0 Å². The summed E-state index contributed by atoms with van der Waals surface area (Å²) < 4.78 is 5.28. The van der Waals surface area contributed by atoms with Gasteiger partial charge in [0.15, 0.2) is 0 Å². The van der Waals surface area contributed by atoms with Crippen molar-refractivity contribution in [2.45, 2.75) is 52.8 Å². The lowest BCUT2D eigenvalue weighted by molar-refractivity contribution is -0.148. The number of rotatable bonds is 10. The molecule has 0 rings (SSSR count). The molecule has 3 atom stereocenters. The fraction of sp³-hybridized carbons (Fsp3) is 0.688. The van der Waals surface area contributed by atoms with Gasteiger partial charge in [0, 0.05) is 5.70 Å². The molecule has 0 aliphatic rings. The van der Waals surface area contributed by atoms with Crippen LogP contribution in [0.3, 0.4) is 0 Å². The number of hydrogen-bond acceptors (Lipinski definition) is 5. The SMILES string of the molecule is C=CNC(C(=C)NC(C(=O)OCC(C)C)C(C)C)C(C)O. The molecule has 0 aromatic heterocycles. The van der Waals surface area contributed by atoms with E-state index in [1.807, 2.05) is 27.7 Å². The summed E-state index contributed by atoms with van der Waals surface area (Å²) in [7, 11) is 0. The summed E-state index contributed by atoms with van der Waals surface area (Å²) in [6, 6.07) is -0.911. The lowest BCUT2D eigenvalue weighted by Crippen LogP contribution is -2.48. The topological polar surface area (TPSA) is 70.6 Å². The van der Waals surface area contributed by atoms with E-state index in [9.17, 15) is 9.90 Å². The van der Waals surface area contributed by atoms with Crippen LogP contribution in [-0.4, -0.2) is 35.9 Å². The smallest absolute Gasteiger partial charge is 0.328 e. The summed E-state index contributed by atoms with van der Waals surface area (Å²) in [6.07, 6.45) is 0.827. The van der Waals surface area contributed by atoms with Gasteiger partial charge in [-0.05, 0) is 25.0 Å². The molecule has 0 aliphatic heterocycles. The van der Waals surface area contributed by atoms with Gasteiger partial charge in [-0.15, -0.1) is 0 Å². The molecular formula is C16H30N2O3. The Kier molecular flexibility index (Phi) is 8.78. The predicted octanol–water partition coefficient (Wildman–Crippen LogP) is 1.80. The van der Waals surface area contributed by atoms with Crippen molar-refractivity contribution in [2.75, 3.05) is 6.61 Å². The Hall–Kier alpha value is -1.49. The summed E-state index contributed by atoms with van der Waals surface area (Å²) in [5.74, 6) is 0.0280. The Morgan fingerprint density at radius 1 is 1.24 bits per heavy atom. The molecule has 5 nitrogen and oxygen atoms in total. The highest BCUT2D eigenvalue weighted by molar-refractivity contribution is 5.76. The minimum Gasteiger partial charge on any atom is -0.464 e. The Labute approximate surface area is 128 Å². The third kappa shape index (κ3) is 7.18. The van der Waals surface area contributed by atoms with Gasteiger partial charge in [0.2, 0.25) is 0 Å². The number of ether oxygens (including phenoxy) is 1. The van der Waals surface area contributed by atoms with E-state index < -0.39 is 18.2 Å². The first-order valence-electron chi connectivity index (χ1n) is 7.37. The molecule has 0 heterocycles. The maximum atomic E-state index is 12.1. The van der Waals surface area contributed by atoms with Crippen LogP contribution in [0.4, 0.5) is 0 Å². The summed E-state index contributed by atoms with van der Waals surface area (Å²) in [5.41, 5.74) is 0.532. The van der Waals surface area contributed by atoms with E-state index in [1.165, 1.54) is 6.20 Å². The fourth-order valence-electron chi connectivity index (χ4n) is 1.78. The Bertz CT molecular complexity index is 351. The highest BCUT2D eigenvalue weighted by Gasteiger charge is 2.27. The van der Waals surface area contributed by atoms with Crippen molar-refractivity contribution in [3.05, 3.63) is 25.1 Å². The standard InChI is InChI=1S/C16H30N2O3/c1-8-17-15(13(7)19)12(6)18-14(11(4)5)16(20)21-9-10(2)3/h8,10-11,13-15,17-19H,1,6,9H2,2-5,7H3. The number of hydrogen-bond donors (Lipinski definition) is 3. The average Bonchev–Trinajstić information content (AvgIpc) is 2.38. The van der Waals surface area contributed by atoms with Crippen LogP contribution in [0.2, 0.25) is 0 Å². The molecule has 0 aromatic carbocycles. The van der Waals surface area contributed by atoms with Gasteiger partial charge < -0.3 is 20.5 Å². The van der Waals surface area contributed by atoms with Crippen molar-refractivity contribution in [3.8, 4) is 0 Å². The third-order valence-corrected chi connectivity index (χ3v) is 2.98. The van der Waals surface area contributed by atoms with E-state index >= 15 is 0 Å². The monoisotopic (exact) mass is 298 g/mol. The summed E-state index contributed by atoms with van der Waals surface area (Å²) in [6.45, 7) is 17.4. The Morgan fingerprint density at radius 2 is 1.81 bits per heavy atom. The first-order chi connectivity index (χ1) is 9.70. The van der Waals surface area contributed by atoms with Crippen LogP contribution >= 0.6 is 0 Å². The van der Waals surface area contributed by atoms with Gasteiger partial charge in [-0.25, -0.2) is 4.79 Å². The summed E-state index contributed by atoms with van der Waals surface area (Å²) >= 11 is 0. The zero-order chi connectivity index (χ0) is 16.6. The minimum atomic E-state index is -0.664. The number of nitrogens with one attached hydrogen (secondary N) is 2. The van der Waals surface area contributed by atoms with Crippen LogP contribution in [0, 0.1) is 11.8 Å². The number of esters is 1. The Balaban J connectivity index is 4.79. The van der Waals surface area contributed by atoms with Crippen LogP contribution in [0.25, 0.3) is 0 Å². The second-order valence-corrected chi connectivity index (χ2v) is 6.00. The molecular weight excluding hydrogens is 268 g/mol. The van der Waals surface area contributed by atoms with Gasteiger partial charge in [-0.1, -0.05) is 40.9 Å². The fourth-order valence-corrected chi connectivity index (χ4v) is 1.78. The number of aliphatic hydroxyl groups excluding tert-OH is 1. The van der Waals surface area contributed by atoms with Crippen LogP contribution in [-0.2, 0) is 9.53 Å². The quantitative estimate of drug-likeness (QED) is 0.537. The lowest BCUT2D eigenvalue weighted by Gasteiger charge is -2.29. The van der Waals surface area contributed by atoms with Gasteiger partial charge >= 0.3 is 5.97 Å². The first kappa shape index (κ1) is 19.5. The molecule has 3 N–H and O–H groups in total. The molecule has 0 amide bonds. The van der Waals surface area contributed by atoms with E-state index in [-0.39, 0.29) is 17.8 Å². The highest BCUT2D eigenvalue weighted by Crippen LogP contribution is 2.10. The maximum absolute atomic E-state index is 12.1. The van der Waals surface area contributed by atoms with E-state index in [1.54, 1.807) is 6.92 Å². The predicted molar refractivity (Wildman–Crippen MR) is 85.5 cm³/mol. The van der Waals surface area contributed by atoms with Crippen molar-refractivity contribution in [3.63, 3.8) is 0 Å². The van der Waals surface area contributed by atoms with Gasteiger partial charge in [0.1, 0.15) is 6.04 Å². The molecule has 5 heteroatoms. The largest absolute Gasteiger partial charge is 0.464 e. The van der Waals surface area contributed by atoms with Crippen molar-refractivity contribution in [1.82, 2.24) is 10.6 Å². The second kappa shape index (κ2) is 9.45. The molecule has 122 valence electrons. The second-order valence-electron chi connectivity index (χ2n) is 6.00. The van der Waals surface area contributed by atoms with Gasteiger partial charge in [0.05, 0.1) is 18.8 Å². The zero-order valence-electron chi connectivity index (χ0n) is 13.8. The third-order valence-electron chi connectivity index (χ3n) is 2.98. The van der Waals surface area contributed by atoms with E-state index in [2.05, 4.69) is 23.8 Å². The Morgan fingerprint density at radius 3 is 2.19 bits per heavy atom. The number of carbonyl (C=O) groups is 1. The van der Waals surface area contributed by atoms with Crippen molar-refractivity contribution >= 4 is 5.97 Å². The molecule has 21 heavy (non-hydrogen) atoms. The first-order valence-corrected chi connectivity index (χ1v) is 7.37. The normalized spacial score (nSPS) is 15.2. The average molecular weight is 298 g/mol. The van der Waals surface area contributed by atoms with Crippen LogP contribution < -0.4 is 10.6 Å². The molecule has 0 bridgehead atoms. The van der Waals surface area contributed by atoms with E-state index in [0.717, 1.165) is 0 Å². The molecule has 0 saturated carbocycles. The zero-order valence-corrected chi connectivity index (χ0v) is 13.8. The minimum absolute atomic E-state index is 0.0415.